The minimum atomic E-state index is 0.618. The van der Waals surface area contributed by atoms with Crippen LogP contribution >= 0.6 is 0 Å². The summed E-state index contributed by atoms with van der Waals surface area (Å²) >= 11 is 0. The lowest BCUT2D eigenvalue weighted by atomic mass is 9.90. The van der Waals surface area contributed by atoms with Crippen LogP contribution in [0.15, 0.2) is 187 Å². The summed E-state index contributed by atoms with van der Waals surface area (Å²) in [5, 5.41) is 9.38. The van der Waals surface area contributed by atoms with E-state index in [1.54, 1.807) is 0 Å². The van der Waals surface area contributed by atoms with Crippen molar-refractivity contribution in [3.63, 3.8) is 0 Å². The van der Waals surface area contributed by atoms with Gasteiger partial charge < -0.3 is 4.42 Å². The molecule has 0 aliphatic rings. The standard InChI is InChI=1S/C50H30N4O/c1-2-10-34(11-3-1)48-52-49(35-21-17-32(18-22-35)39-14-8-16-45-47(39)41-13-6-7-15-44(41)55-45)54-50(53-48)36-23-19-33(20-24-36)42-29-37-27-28-51-30-43(37)40-26-25-31-9-4-5-12-38(31)46(40)42/h1-30H. The average molecular weight is 703 g/mol. The highest BCUT2D eigenvalue weighted by Gasteiger charge is 2.17. The highest BCUT2D eigenvalue weighted by atomic mass is 16.3. The van der Waals surface area contributed by atoms with E-state index in [0.29, 0.717) is 17.5 Å². The molecule has 11 rings (SSSR count). The molecular weight excluding hydrogens is 673 g/mol. The molecule has 0 saturated carbocycles. The molecule has 8 aromatic carbocycles. The second-order valence-corrected chi connectivity index (χ2v) is 13.8. The summed E-state index contributed by atoms with van der Waals surface area (Å²) in [4.78, 5) is 19.6. The number of para-hydroxylation sites is 1. The first-order valence-corrected chi connectivity index (χ1v) is 18.4. The topological polar surface area (TPSA) is 64.7 Å². The number of hydrogen-bond acceptors (Lipinski definition) is 5. The number of pyridine rings is 1. The zero-order valence-electron chi connectivity index (χ0n) is 29.5. The Bertz CT molecular complexity index is 3240. The van der Waals surface area contributed by atoms with E-state index in [4.69, 9.17) is 19.4 Å². The number of aromatic nitrogens is 4. The fourth-order valence-corrected chi connectivity index (χ4v) is 7.96. The summed E-state index contributed by atoms with van der Waals surface area (Å²) in [6.45, 7) is 0. The molecule has 256 valence electrons. The average Bonchev–Trinajstić information content (AvgIpc) is 3.65. The first-order valence-electron chi connectivity index (χ1n) is 18.4. The Morgan fingerprint density at radius 3 is 1.69 bits per heavy atom. The Balaban J connectivity index is 1.02. The van der Waals surface area contributed by atoms with Crippen LogP contribution in [-0.4, -0.2) is 19.9 Å². The smallest absolute Gasteiger partial charge is 0.164 e. The van der Waals surface area contributed by atoms with Crippen LogP contribution in [0.5, 0.6) is 0 Å². The van der Waals surface area contributed by atoms with Crippen molar-refractivity contribution >= 4 is 54.3 Å². The molecule has 3 aromatic heterocycles. The van der Waals surface area contributed by atoms with Crippen LogP contribution in [0.25, 0.3) is 111 Å². The van der Waals surface area contributed by atoms with Crippen LogP contribution in [0, 0.1) is 0 Å². The van der Waals surface area contributed by atoms with Gasteiger partial charge in [-0.15, -0.1) is 0 Å². The maximum atomic E-state index is 6.17. The zero-order chi connectivity index (χ0) is 36.3. The Morgan fingerprint density at radius 2 is 0.945 bits per heavy atom. The zero-order valence-corrected chi connectivity index (χ0v) is 29.5. The van der Waals surface area contributed by atoms with Gasteiger partial charge in [0.25, 0.3) is 0 Å². The molecule has 0 unspecified atom stereocenters. The minimum Gasteiger partial charge on any atom is -0.456 e. The molecular formula is C50H30N4O. The molecule has 0 aliphatic carbocycles. The van der Waals surface area contributed by atoms with E-state index < -0.39 is 0 Å². The quantitative estimate of drug-likeness (QED) is 0.167. The maximum absolute atomic E-state index is 6.17. The lowest BCUT2D eigenvalue weighted by Gasteiger charge is -2.14. The molecule has 0 saturated heterocycles. The highest BCUT2D eigenvalue weighted by Crippen LogP contribution is 2.40. The van der Waals surface area contributed by atoms with Gasteiger partial charge in [-0.05, 0) is 73.5 Å². The second kappa shape index (κ2) is 12.6. The number of benzene rings is 8. The van der Waals surface area contributed by atoms with Gasteiger partial charge in [0.2, 0.25) is 0 Å². The van der Waals surface area contributed by atoms with E-state index >= 15 is 0 Å². The van der Waals surface area contributed by atoms with Crippen molar-refractivity contribution in [2.45, 2.75) is 0 Å². The van der Waals surface area contributed by atoms with Crippen molar-refractivity contribution in [3.05, 3.63) is 182 Å². The van der Waals surface area contributed by atoms with Gasteiger partial charge in [-0.3, -0.25) is 4.98 Å². The Labute approximate surface area is 316 Å². The van der Waals surface area contributed by atoms with E-state index in [0.717, 1.165) is 66.1 Å². The molecule has 0 aliphatic heterocycles. The van der Waals surface area contributed by atoms with Gasteiger partial charge in [0.15, 0.2) is 17.5 Å². The maximum Gasteiger partial charge on any atom is 0.164 e. The monoisotopic (exact) mass is 702 g/mol. The fourth-order valence-electron chi connectivity index (χ4n) is 7.96. The normalized spacial score (nSPS) is 11.6. The van der Waals surface area contributed by atoms with Crippen LogP contribution < -0.4 is 0 Å². The van der Waals surface area contributed by atoms with Gasteiger partial charge in [-0.25, -0.2) is 15.0 Å². The van der Waals surface area contributed by atoms with Crippen molar-refractivity contribution < 1.29 is 4.42 Å². The number of nitrogens with zero attached hydrogens (tertiary/aromatic N) is 4. The SMILES string of the molecule is c1ccc(-c2nc(-c3ccc(-c4cccc5oc6ccccc6c45)cc3)nc(-c3ccc(-c4cc5ccncc5c5ccc6ccccc6c45)cc3)n2)cc1. The molecule has 55 heavy (non-hydrogen) atoms. The van der Waals surface area contributed by atoms with Gasteiger partial charge in [0.05, 0.1) is 0 Å². The first-order chi connectivity index (χ1) is 27.2. The van der Waals surface area contributed by atoms with E-state index in [9.17, 15) is 0 Å². The van der Waals surface area contributed by atoms with Gasteiger partial charge in [0, 0.05) is 45.2 Å². The summed E-state index contributed by atoms with van der Waals surface area (Å²) in [6.07, 6.45) is 3.83. The summed E-state index contributed by atoms with van der Waals surface area (Å²) in [7, 11) is 0. The van der Waals surface area contributed by atoms with Crippen LogP contribution in [0.2, 0.25) is 0 Å². The van der Waals surface area contributed by atoms with Gasteiger partial charge in [-0.2, -0.15) is 0 Å². The number of fused-ring (bicyclic) bond motifs is 8. The van der Waals surface area contributed by atoms with Gasteiger partial charge >= 0.3 is 0 Å². The van der Waals surface area contributed by atoms with Crippen LogP contribution in [-0.2, 0) is 0 Å². The Kier molecular flexibility index (Phi) is 7.10. The summed E-state index contributed by atoms with van der Waals surface area (Å²) in [5.41, 5.74) is 9.05. The Morgan fingerprint density at radius 1 is 0.345 bits per heavy atom. The predicted octanol–water partition coefficient (Wildman–Crippen LogP) is 13.0. The minimum absolute atomic E-state index is 0.618. The third kappa shape index (κ3) is 5.24. The largest absolute Gasteiger partial charge is 0.456 e. The van der Waals surface area contributed by atoms with E-state index in [1.807, 2.05) is 67.0 Å². The Hall–Kier alpha value is -7.50. The fraction of sp³-hybridized carbons (Fsp3) is 0. The number of hydrogen-bond donors (Lipinski definition) is 0. The first kappa shape index (κ1) is 31.1. The van der Waals surface area contributed by atoms with Crippen molar-refractivity contribution in [1.82, 2.24) is 19.9 Å². The van der Waals surface area contributed by atoms with Crippen LogP contribution in [0.1, 0.15) is 0 Å². The van der Waals surface area contributed by atoms with E-state index in [-0.39, 0.29) is 0 Å². The molecule has 0 atom stereocenters. The molecule has 0 bridgehead atoms. The lowest BCUT2D eigenvalue weighted by molar-refractivity contribution is 0.669. The van der Waals surface area contributed by atoms with Crippen molar-refractivity contribution in [2.24, 2.45) is 0 Å². The second-order valence-electron chi connectivity index (χ2n) is 13.8. The van der Waals surface area contributed by atoms with Gasteiger partial charge in [0.1, 0.15) is 11.2 Å². The van der Waals surface area contributed by atoms with Crippen LogP contribution in [0.3, 0.4) is 0 Å². The lowest BCUT2D eigenvalue weighted by Crippen LogP contribution is -2.00. The number of furan rings is 1. The summed E-state index contributed by atoms with van der Waals surface area (Å²) in [6, 6.07) is 59.0. The summed E-state index contributed by atoms with van der Waals surface area (Å²) < 4.78 is 6.17. The van der Waals surface area contributed by atoms with Crippen molar-refractivity contribution in [1.29, 1.82) is 0 Å². The van der Waals surface area contributed by atoms with Gasteiger partial charge in [-0.1, -0.05) is 146 Å². The molecule has 3 heterocycles. The van der Waals surface area contributed by atoms with Crippen molar-refractivity contribution in [3.8, 4) is 56.4 Å². The molecule has 11 aromatic rings. The molecule has 0 fully saturated rings. The van der Waals surface area contributed by atoms with E-state index in [2.05, 4.69) is 120 Å². The predicted molar refractivity (Wildman–Crippen MR) is 225 cm³/mol. The molecule has 0 N–H and O–H groups in total. The highest BCUT2D eigenvalue weighted by molar-refractivity contribution is 6.22. The third-order valence-corrected chi connectivity index (χ3v) is 10.6. The molecule has 0 spiro atoms. The molecule has 5 nitrogen and oxygen atoms in total. The molecule has 0 amide bonds. The third-order valence-electron chi connectivity index (χ3n) is 10.6. The summed E-state index contributed by atoms with van der Waals surface area (Å²) in [5.74, 6) is 1.87. The van der Waals surface area contributed by atoms with E-state index in [1.165, 1.54) is 27.1 Å². The molecule has 5 heteroatoms. The number of rotatable bonds is 5. The van der Waals surface area contributed by atoms with Crippen molar-refractivity contribution in [2.75, 3.05) is 0 Å². The molecule has 0 radical (unpaired) electrons. The van der Waals surface area contributed by atoms with Crippen LogP contribution in [0.4, 0.5) is 0 Å².